The summed E-state index contributed by atoms with van der Waals surface area (Å²) >= 11 is 0. The maximum Gasteiger partial charge on any atom is 0.412 e. The van der Waals surface area contributed by atoms with Gasteiger partial charge in [-0.05, 0) is 48.0 Å². The summed E-state index contributed by atoms with van der Waals surface area (Å²) in [5, 5.41) is 6.44. The summed E-state index contributed by atoms with van der Waals surface area (Å²) < 4.78 is 11.6. The van der Waals surface area contributed by atoms with Crippen molar-refractivity contribution in [2.24, 2.45) is 4.99 Å². The molecule has 0 aromatic heterocycles. The molecule has 9 nitrogen and oxygen atoms in total. The summed E-state index contributed by atoms with van der Waals surface area (Å²) in [5.41, 5.74) is -1.39. The number of hydrogen-bond donors (Lipinski definition) is 2. The highest BCUT2D eigenvalue weighted by atomic mass is 16.6. The van der Waals surface area contributed by atoms with Gasteiger partial charge in [0.05, 0.1) is 12.1 Å². The Kier molecular flexibility index (Phi) is 8.74. The van der Waals surface area contributed by atoms with E-state index in [-0.39, 0.29) is 24.6 Å². The van der Waals surface area contributed by atoms with Gasteiger partial charge in [-0.15, -0.1) is 0 Å². The van der Waals surface area contributed by atoms with Crippen molar-refractivity contribution < 1.29 is 19.1 Å². The lowest BCUT2D eigenvalue weighted by atomic mass is 10.1. The first-order chi connectivity index (χ1) is 13.3. The second kappa shape index (κ2) is 10.1. The first-order valence-corrected chi connectivity index (χ1v) is 10.2. The Hall–Kier alpha value is -2.03. The van der Waals surface area contributed by atoms with E-state index >= 15 is 0 Å². The minimum absolute atomic E-state index is 0.0457. The molecular formula is C20H39N5O4. The van der Waals surface area contributed by atoms with Gasteiger partial charge < -0.3 is 25.0 Å². The SMILES string of the molecule is CCCNC(=NCC(=O)N(C)C)NCC1C(C)OC(C)(C)N1C(=O)OC(C)(C)C. The fraction of sp³-hybridized carbons (Fsp3) is 0.850. The average molecular weight is 414 g/mol. The Labute approximate surface area is 175 Å². The highest BCUT2D eigenvalue weighted by molar-refractivity contribution is 5.84. The number of carbonyl (C=O) groups is 2. The Bertz CT molecular complexity index is 598. The van der Waals surface area contributed by atoms with Gasteiger partial charge in [0.2, 0.25) is 5.91 Å². The number of hydrogen-bond acceptors (Lipinski definition) is 5. The summed E-state index contributed by atoms with van der Waals surface area (Å²) in [4.78, 5) is 32.2. The van der Waals surface area contributed by atoms with E-state index in [0.717, 1.165) is 13.0 Å². The molecular weight excluding hydrogens is 374 g/mol. The molecule has 1 aliphatic rings. The lowest BCUT2D eigenvalue weighted by Gasteiger charge is -2.35. The van der Waals surface area contributed by atoms with Crippen LogP contribution in [0, 0.1) is 0 Å². The summed E-state index contributed by atoms with van der Waals surface area (Å²) in [6.45, 7) is 14.4. The molecule has 0 aromatic carbocycles. The fourth-order valence-electron chi connectivity index (χ4n) is 3.03. The number of aliphatic imine (C=N–C) groups is 1. The Morgan fingerprint density at radius 2 is 1.86 bits per heavy atom. The number of guanidine groups is 1. The second-order valence-corrected chi connectivity index (χ2v) is 8.95. The lowest BCUT2D eigenvalue weighted by Crippen LogP contribution is -2.54. The van der Waals surface area contributed by atoms with Crippen LogP contribution in [0.5, 0.6) is 0 Å². The Morgan fingerprint density at radius 1 is 1.24 bits per heavy atom. The van der Waals surface area contributed by atoms with Crippen molar-refractivity contribution in [3.05, 3.63) is 0 Å². The van der Waals surface area contributed by atoms with Crippen LogP contribution in [0.3, 0.4) is 0 Å². The third-order valence-electron chi connectivity index (χ3n) is 4.41. The van der Waals surface area contributed by atoms with Crippen molar-refractivity contribution in [3.8, 4) is 0 Å². The third kappa shape index (κ3) is 7.72. The molecule has 0 saturated carbocycles. The van der Waals surface area contributed by atoms with Gasteiger partial charge in [-0.2, -0.15) is 0 Å². The molecule has 1 fully saturated rings. The molecule has 1 rings (SSSR count). The predicted molar refractivity (Wildman–Crippen MR) is 114 cm³/mol. The quantitative estimate of drug-likeness (QED) is 0.509. The molecule has 0 spiro atoms. The summed E-state index contributed by atoms with van der Waals surface area (Å²) in [6, 6.07) is -0.252. The summed E-state index contributed by atoms with van der Waals surface area (Å²) in [6.07, 6.45) is 0.310. The molecule has 9 heteroatoms. The standard InChI is InChI=1S/C20H39N5O4/c1-10-11-21-17(23-13-16(26)24(8)9)22-12-15-14(2)28-20(6,7)25(15)18(27)29-19(3,4)5/h14-15H,10-13H2,1-9H3,(H2,21,22,23). The maximum absolute atomic E-state index is 12.8. The number of nitrogens with one attached hydrogen (secondary N) is 2. The molecule has 29 heavy (non-hydrogen) atoms. The van der Waals surface area contributed by atoms with Crippen molar-refractivity contribution >= 4 is 18.0 Å². The highest BCUT2D eigenvalue weighted by Gasteiger charge is 2.49. The van der Waals surface area contributed by atoms with E-state index in [2.05, 4.69) is 22.5 Å². The van der Waals surface area contributed by atoms with Crippen LogP contribution in [-0.2, 0) is 14.3 Å². The van der Waals surface area contributed by atoms with Gasteiger partial charge in [0.1, 0.15) is 17.9 Å². The maximum atomic E-state index is 12.8. The van der Waals surface area contributed by atoms with Gasteiger partial charge in [-0.3, -0.25) is 9.69 Å². The number of likely N-dealkylation sites (N-methyl/N-ethyl adjacent to an activating group) is 1. The number of carbonyl (C=O) groups excluding carboxylic acids is 2. The zero-order valence-electron chi connectivity index (χ0n) is 19.5. The molecule has 168 valence electrons. The van der Waals surface area contributed by atoms with Crippen molar-refractivity contribution in [1.29, 1.82) is 0 Å². The van der Waals surface area contributed by atoms with E-state index in [0.29, 0.717) is 12.5 Å². The zero-order chi connectivity index (χ0) is 22.4. The van der Waals surface area contributed by atoms with Crippen LogP contribution in [0.4, 0.5) is 4.79 Å². The molecule has 2 amide bonds. The molecule has 0 aromatic rings. The minimum Gasteiger partial charge on any atom is -0.444 e. The van der Waals surface area contributed by atoms with Gasteiger partial charge in [0, 0.05) is 27.2 Å². The molecule has 1 heterocycles. The van der Waals surface area contributed by atoms with E-state index in [1.165, 1.54) is 4.90 Å². The molecule has 1 aliphatic heterocycles. The monoisotopic (exact) mass is 413 g/mol. The molecule has 2 N–H and O–H groups in total. The molecule has 2 atom stereocenters. The van der Waals surface area contributed by atoms with Crippen LogP contribution in [-0.4, -0.2) is 85.0 Å². The Balaban J connectivity index is 2.92. The lowest BCUT2D eigenvalue weighted by molar-refractivity contribution is -0.127. The largest absolute Gasteiger partial charge is 0.444 e. The highest BCUT2D eigenvalue weighted by Crippen LogP contribution is 2.33. The van der Waals surface area contributed by atoms with Crippen molar-refractivity contribution in [2.75, 3.05) is 33.7 Å². The van der Waals surface area contributed by atoms with E-state index in [1.54, 1.807) is 19.0 Å². The first kappa shape index (κ1) is 25.0. The second-order valence-electron chi connectivity index (χ2n) is 8.95. The number of ether oxygens (including phenoxy) is 2. The van der Waals surface area contributed by atoms with E-state index in [9.17, 15) is 9.59 Å². The summed E-state index contributed by atoms with van der Waals surface area (Å²) in [5.74, 6) is 0.444. The average Bonchev–Trinajstić information content (AvgIpc) is 2.80. The Morgan fingerprint density at radius 3 is 2.38 bits per heavy atom. The van der Waals surface area contributed by atoms with Gasteiger partial charge in [-0.1, -0.05) is 6.92 Å². The van der Waals surface area contributed by atoms with Crippen LogP contribution in [0.2, 0.25) is 0 Å². The van der Waals surface area contributed by atoms with Crippen LogP contribution in [0.25, 0.3) is 0 Å². The number of rotatable bonds is 6. The predicted octanol–water partition coefficient (Wildman–Crippen LogP) is 1.78. The van der Waals surface area contributed by atoms with Gasteiger partial charge in [0.15, 0.2) is 5.96 Å². The van der Waals surface area contributed by atoms with Gasteiger partial charge >= 0.3 is 6.09 Å². The van der Waals surface area contributed by atoms with E-state index < -0.39 is 17.4 Å². The topological polar surface area (TPSA) is 95.5 Å². The third-order valence-corrected chi connectivity index (χ3v) is 4.41. The van der Waals surface area contributed by atoms with Crippen molar-refractivity contribution in [1.82, 2.24) is 20.4 Å². The summed E-state index contributed by atoms with van der Waals surface area (Å²) in [7, 11) is 3.39. The fourth-order valence-corrected chi connectivity index (χ4v) is 3.03. The number of nitrogens with zero attached hydrogens (tertiary/aromatic N) is 3. The smallest absolute Gasteiger partial charge is 0.412 e. The van der Waals surface area contributed by atoms with Crippen LogP contribution < -0.4 is 10.6 Å². The van der Waals surface area contributed by atoms with Crippen molar-refractivity contribution in [3.63, 3.8) is 0 Å². The number of amides is 2. The van der Waals surface area contributed by atoms with Crippen molar-refractivity contribution in [2.45, 2.75) is 78.4 Å². The van der Waals surface area contributed by atoms with Crippen LogP contribution >= 0.6 is 0 Å². The van der Waals surface area contributed by atoms with Gasteiger partial charge in [0.25, 0.3) is 0 Å². The van der Waals surface area contributed by atoms with Crippen LogP contribution in [0.1, 0.15) is 54.9 Å². The van der Waals surface area contributed by atoms with E-state index in [1.807, 2.05) is 41.5 Å². The molecule has 1 saturated heterocycles. The molecule has 0 bridgehead atoms. The molecule has 0 radical (unpaired) electrons. The molecule has 0 aliphatic carbocycles. The zero-order valence-corrected chi connectivity index (χ0v) is 19.5. The first-order valence-electron chi connectivity index (χ1n) is 10.2. The van der Waals surface area contributed by atoms with Crippen LogP contribution in [0.15, 0.2) is 4.99 Å². The molecule has 2 unspecified atom stereocenters. The normalized spacial score (nSPS) is 21.7. The minimum atomic E-state index is -0.789. The van der Waals surface area contributed by atoms with E-state index in [4.69, 9.17) is 9.47 Å². The van der Waals surface area contributed by atoms with Gasteiger partial charge in [-0.25, -0.2) is 9.79 Å².